The minimum Gasteiger partial charge on any atom is -0.478 e. The van der Waals surface area contributed by atoms with Gasteiger partial charge in [0.05, 0.1) is 11.3 Å². The minimum absolute atomic E-state index is 0.00180. The fraction of sp³-hybridized carbons (Fsp3) is 0.259. The number of aryl methyl sites for hydroxylation is 1. The average Bonchev–Trinajstić information content (AvgIpc) is 3.29. The van der Waals surface area contributed by atoms with E-state index in [0.29, 0.717) is 54.0 Å². The van der Waals surface area contributed by atoms with E-state index in [-0.39, 0.29) is 41.1 Å². The van der Waals surface area contributed by atoms with Crippen LogP contribution in [-0.2, 0) is 0 Å². The van der Waals surface area contributed by atoms with Crippen LogP contribution in [0.15, 0.2) is 131 Å². The number of likely N-dealkylation sites (N-methyl/N-ethyl adjacent to an activating group) is 1. The summed E-state index contributed by atoms with van der Waals surface area (Å²) in [7, 11) is 5.75. The van der Waals surface area contributed by atoms with Crippen LogP contribution in [0.25, 0.3) is 11.1 Å². The molecule has 4 aromatic carbocycles. The van der Waals surface area contributed by atoms with E-state index >= 15 is 0 Å². The second-order valence-electron chi connectivity index (χ2n) is 19.0. The van der Waals surface area contributed by atoms with E-state index in [9.17, 15) is 19.5 Å². The third-order valence-electron chi connectivity index (χ3n) is 13.8. The number of benzene rings is 4. The second-order valence-corrected chi connectivity index (χ2v) is 23.3. The number of aromatic carboxylic acids is 1. The quantitative estimate of drug-likeness (QED) is 0.0831. The van der Waals surface area contributed by atoms with Gasteiger partial charge in [0.2, 0.25) is 0 Å². The molecule has 2 aliphatic heterocycles. The minimum atomic E-state index is -2.15. The Labute approximate surface area is 387 Å². The highest BCUT2D eigenvalue weighted by molar-refractivity contribution is 6.98. The first-order chi connectivity index (χ1) is 31.5. The molecule has 6 N–H and O–H groups in total. The zero-order valence-corrected chi connectivity index (χ0v) is 39.5. The Balaban J connectivity index is 0.887. The van der Waals surface area contributed by atoms with Crippen LogP contribution in [0, 0.1) is 12.3 Å². The molecule has 1 fully saturated rings. The molecule has 2 heterocycles. The molecule has 0 aromatic heterocycles. The second kappa shape index (κ2) is 17.1. The van der Waals surface area contributed by atoms with E-state index in [1.807, 2.05) is 107 Å². The summed E-state index contributed by atoms with van der Waals surface area (Å²) in [5.74, 6) is -0.327. The molecule has 1 atom stereocenters. The van der Waals surface area contributed by atoms with Gasteiger partial charge in [0.25, 0.3) is 11.8 Å². The predicted octanol–water partition coefficient (Wildman–Crippen LogP) is 8.18. The van der Waals surface area contributed by atoms with Gasteiger partial charge in [-0.3, -0.25) is 14.5 Å². The average molecular weight is 897 g/mol. The SMILES string of the molecule is Cc1cc(C(=O)NC2CCC(NC(=O)c3ccc(C4=C5C=CC(N(C)C)C=C5Oc5cc(N(C)C)ccc54)c(C(=O)O)c3)CC2)ccc1C1=C2C=CC(=N)C=C2[Si](C)(C)c2cc(N)ccc21. The Bertz CT molecular complexity index is 2960. The van der Waals surface area contributed by atoms with Crippen LogP contribution in [-0.4, -0.2) is 87.9 Å². The molecular formula is C54H56N6O5Si. The van der Waals surface area contributed by atoms with Gasteiger partial charge >= 0.3 is 5.97 Å². The fourth-order valence-electron chi connectivity index (χ4n) is 10.1. The van der Waals surface area contributed by atoms with E-state index in [4.69, 9.17) is 15.9 Å². The van der Waals surface area contributed by atoms with Gasteiger partial charge in [0, 0.05) is 77.5 Å². The maximum Gasteiger partial charge on any atom is 0.336 e. The smallest absolute Gasteiger partial charge is 0.336 e. The van der Waals surface area contributed by atoms with Crippen molar-refractivity contribution in [3.63, 3.8) is 0 Å². The highest BCUT2D eigenvalue weighted by atomic mass is 28.3. The van der Waals surface area contributed by atoms with E-state index in [1.165, 1.54) is 16.4 Å². The summed E-state index contributed by atoms with van der Waals surface area (Å²) in [4.78, 5) is 44.5. The summed E-state index contributed by atoms with van der Waals surface area (Å²) >= 11 is 0. The van der Waals surface area contributed by atoms with Gasteiger partial charge in [-0.2, -0.15) is 0 Å². The molecule has 2 amide bonds. The molecule has 11 nitrogen and oxygen atoms in total. The van der Waals surface area contributed by atoms with Crippen LogP contribution < -0.4 is 31.2 Å². The lowest BCUT2D eigenvalue weighted by Crippen LogP contribution is -2.49. The van der Waals surface area contributed by atoms with Crippen molar-refractivity contribution in [2.75, 3.05) is 38.8 Å². The lowest BCUT2D eigenvalue weighted by molar-refractivity contribution is 0.0696. The van der Waals surface area contributed by atoms with Crippen molar-refractivity contribution in [3.05, 3.63) is 176 Å². The number of carbonyl (C=O) groups excluding carboxylic acids is 2. The number of amides is 2. The van der Waals surface area contributed by atoms with Gasteiger partial charge < -0.3 is 36.5 Å². The number of rotatable bonds is 9. The van der Waals surface area contributed by atoms with Gasteiger partial charge in [-0.1, -0.05) is 49.5 Å². The van der Waals surface area contributed by atoms with Crippen molar-refractivity contribution >= 4 is 59.3 Å². The Morgan fingerprint density at radius 1 is 0.758 bits per heavy atom. The molecule has 336 valence electrons. The van der Waals surface area contributed by atoms with Crippen molar-refractivity contribution in [1.29, 1.82) is 5.41 Å². The van der Waals surface area contributed by atoms with Gasteiger partial charge in [-0.15, -0.1) is 0 Å². The first kappa shape index (κ1) is 44.2. The molecule has 9 rings (SSSR count). The number of nitrogens with zero attached hydrogens (tertiary/aromatic N) is 2. The van der Waals surface area contributed by atoms with Crippen LogP contribution in [0.3, 0.4) is 0 Å². The number of allylic oxidation sites excluding steroid dienone is 6. The maximum atomic E-state index is 13.8. The first-order valence-electron chi connectivity index (χ1n) is 22.5. The molecule has 1 unspecified atom stereocenters. The van der Waals surface area contributed by atoms with Gasteiger partial charge in [0.15, 0.2) is 0 Å². The molecule has 12 heteroatoms. The lowest BCUT2D eigenvalue weighted by atomic mass is 9.84. The number of nitrogen functional groups attached to an aromatic ring is 1. The molecule has 0 radical (unpaired) electrons. The van der Waals surface area contributed by atoms with E-state index in [0.717, 1.165) is 55.9 Å². The standard InChI is InChI=1S/C54H56N6O5Si/c1-30-24-31(8-18-39(30)50-43-20-10-33(55)26-48(43)66(6,7)49-27-34(56)11-21-44(49)50)52(61)57-35-12-14-36(15-13-35)58-53(62)32-9-19-40(45(25-32)54(63)64)51-41-22-16-37(59(2)3)28-46(41)65-47-29-38(60(4)5)17-23-42(47)51/h8-11,16-29,35-37,55H,12-15,56H2,1-7H3,(H,57,61)(H,58,62)(H,63,64). The topological polar surface area (TPSA) is 161 Å². The number of nitrogens with one attached hydrogen (secondary N) is 3. The molecule has 0 saturated heterocycles. The Morgan fingerprint density at radius 2 is 1.38 bits per heavy atom. The van der Waals surface area contributed by atoms with Crippen LogP contribution in [0.5, 0.6) is 5.75 Å². The third kappa shape index (κ3) is 8.04. The molecule has 0 spiro atoms. The number of ether oxygens (including phenoxy) is 1. The van der Waals surface area contributed by atoms with Crippen molar-refractivity contribution in [1.82, 2.24) is 15.5 Å². The Kier molecular flexibility index (Phi) is 11.4. The van der Waals surface area contributed by atoms with E-state index in [2.05, 4.69) is 52.9 Å². The number of fused-ring (bicyclic) bond motifs is 4. The molecule has 66 heavy (non-hydrogen) atoms. The molecule has 3 aliphatic carbocycles. The largest absolute Gasteiger partial charge is 0.478 e. The number of nitrogens with two attached hydrogens (primary N) is 1. The zero-order chi connectivity index (χ0) is 46.8. The predicted molar refractivity (Wildman–Crippen MR) is 267 cm³/mol. The molecule has 5 aliphatic rings. The van der Waals surface area contributed by atoms with Crippen LogP contribution in [0.2, 0.25) is 13.1 Å². The van der Waals surface area contributed by atoms with Crippen LogP contribution >= 0.6 is 0 Å². The highest BCUT2D eigenvalue weighted by Crippen LogP contribution is 2.46. The Morgan fingerprint density at radius 3 is 2.02 bits per heavy atom. The summed E-state index contributed by atoms with van der Waals surface area (Å²) < 4.78 is 6.47. The fourth-order valence-corrected chi connectivity index (χ4v) is 13.2. The van der Waals surface area contributed by atoms with Gasteiger partial charge in [-0.25, -0.2) is 4.79 Å². The lowest BCUT2D eigenvalue weighted by Gasteiger charge is -2.38. The molecule has 4 aromatic rings. The normalized spacial score (nSPS) is 20.3. The summed E-state index contributed by atoms with van der Waals surface area (Å²) in [6.07, 6.45) is 14.7. The first-order valence-corrected chi connectivity index (χ1v) is 25.5. The van der Waals surface area contributed by atoms with Gasteiger partial charge in [0.1, 0.15) is 19.6 Å². The Hall–Kier alpha value is -7.02. The molecule has 1 saturated carbocycles. The number of anilines is 2. The summed E-state index contributed by atoms with van der Waals surface area (Å²) in [6.45, 7) is 6.66. The number of carbonyl (C=O) groups is 3. The number of hydrogen-bond acceptors (Lipinski definition) is 8. The van der Waals surface area contributed by atoms with E-state index < -0.39 is 14.0 Å². The van der Waals surface area contributed by atoms with Crippen LogP contribution in [0.1, 0.15) is 84.6 Å². The summed E-state index contributed by atoms with van der Waals surface area (Å²) in [6, 6.07) is 22.7. The van der Waals surface area contributed by atoms with Crippen molar-refractivity contribution in [2.24, 2.45) is 0 Å². The maximum absolute atomic E-state index is 13.8. The van der Waals surface area contributed by atoms with Crippen molar-refractivity contribution < 1.29 is 24.2 Å². The monoisotopic (exact) mass is 896 g/mol. The van der Waals surface area contributed by atoms with Crippen molar-refractivity contribution in [2.45, 2.75) is 63.8 Å². The zero-order valence-electron chi connectivity index (χ0n) is 38.5. The summed E-state index contributed by atoms with van der Waals surface area (Å²) in [5.41, 5.74) is 17.5. The highest BCUT2D eigenvalue weighted by Gasteiger charge is 2.40. The number of carboxylic acids is 1. The molecule has 0 bridgehead atoms. The number of carboxylic acid groups (broad SMARTS) is 1. The van der Waals surface area contributed by atoms with Crippen LogP contribution in [0.4, 0.5) is 11.4 Å². The summed E-state index contributed by atoms with van der Waals surface area (Å²) in [5, 5.41) is 27.9. The van der Waals surface area contributed by atoms with Crippen molar-refractivity contribution in [3.8, 4) is 5.75 Å². The van der Waals surface area contributed by atoms with E-state index in [1.54, 1.807) is 12.1 Å². The number of hydrogen-bond donors (Lipinski definition) is 5. The van der Waals surface area contributed by atoms with Gasteiger partial charge in [-0.05, 0) is 157 Å². The molecular weight excluding hydrogens is 841 g/mol. The third-order valence-corrected chi connectivity index (χ3v) is 17.3.